The summed E-state index contributed by atoms with van der Waals surface area (Å²) < 4.78 is 0. The fourth-order valence-electron chi connectivity index (χ4n) is 1.72. The van der Waals surface area contributed by atoms with Crippen molar-refractivity contribution in [3.8, 4) is 0 Å². The standard InChI is InChI=1S/C12H17N3/c1-7(2)8(3)9-4-5-10-11(6-9)15-12(13)14-10/h4-8H,1-3H3,(H3,13,14,15). The molecule has 0 aliphatic rings. The van der Waals surface area contributed by atoms with Crippen molar-refractivity contribution in [2.24, 2.45) is 5.92 Å². The highest BCUT2D eigenvalue weighted by Gasteiger charge is 2.11. The molecule has 3 N–H and O–H groups in total. The number of imidazole rings is 1. The number of anilines is 1. The Balaban J connectivity index is 2.46. The summed E-state index contributed by atoms with van der Waals surface area (Å²) >= 11 is 0. The molecule has 1 aromatic carbocycles. The largest absolute Gasteiger partial charge is 0.369 e. The van der Waals surface area contributed by atoms with E-state index in [1.807, 2.05) is 6.07 Å². The lowest BCUT2D eigenvalue weighted by Gasteiger charge is -2.15. The number of H-pyrrole nitrogens is 1. The van der Waals surface area contributed by atoms with Crippen LogP contribution in [-0.2, 0) is 0 Å². The van der Waals surface area contributed by atoms with Gasteiger partial charge in [0.2, 0.25) is 0 Å². The molecule has 2 rings (SSSR count). The molecule has 15 heavy (non-hydrogen) atoms. The summed E-state index contributed by atoms with van der Waals surface area (Å²) in [5.41, 5.74) is 8.91. The number of aromatic amines is 1. The quantitative estimate of drug-likeness (QED) is 0.788. The van der Waals surface area contributed by atoms with Crippen molar-refractivity contribution in [2.45, 2.75) is 26.7 Å². The fraction of sp³-hybridized carbons (Fsp3) is 0.417. The van der Waals surface area contributed by atoms with Crippen molar-refractivity contribution >= 4 is 17.0 Å². The number of nitrogen functional groups attached to an aromatic ring is 1. The lowest BCUT2D eigenvalue weighted by atomic mass is 9.90. The van der Waals surface area contributed by atoms with Crippen LogP contribution in [-0.4, -0.2) is 9.97 Å². The van der Waals surface area contributed by atoms with Crippen LogP contribution in [0, 0.1) is 5.92 Å². The van der Waals surface area contributed by atoms with Crippen LogP contribution in [0.5, 0.6) is 0 Å². The minimum Gasteiger partial charge on any atom is -0.369 e. The van der Waals surface area contributed by atoms with Crippen molar-refractivity contribution in [1.82, 2.24) is 9.97 Å². The van der Waals surface area contributed by atoms with Crippen molar-refractivity contribution < 1.29 is 0 Å². The summed E-state index contributed by atoms with van der Waals surface area (Å²) in [6.45, 7) is 6.71. The Labute approximate surface area is 89.7 Å². The lowest BCUT2D eigenvalue weighted by molar-refractivity contribution is 0.535. The second-order valence-electron chi connectivity index (χ2n) is 4.43. The maximum absolute atomic E-state index is 5.61. The molecule has 0 bridgehead atoms. The molecule has 0 fully saturated rings. The van der Waals surface area contributed by atoms with Crippen LogP contribution in [0.3, 0.4) is 0 Å². The number of rotatable bonds is 2. The normalized spacial score (nSPS) is 13.6. The third-order valence-corrected chi connectivity index (χ3v) is 3.05. The molecule has 1 aromatic heterocycles. The fourth-order valence-corrected chi connectivity index (χ4v) is 1.72. The molecule has 80 valence electrons. The molecule has 0 saturated heterocycles. The van der Waals surface area contributed by atoms with Crippen LogP contribution in [0.4, 0.5) is 5.95 Å². The molecular weight excluding hydrogens is 186 g/mol. The average Bonchev–Trinajstić information content (AvgIpc) is 2.55. The summed E-state index contributed by atoms with van der Waals surface area (Å²) in [5, 5.41) is 0. The van der Waals surface area contributed by atoms with E-state index >= 15 is 0 Å². The molecule has 0 amide bonds. The monoisotopic (exact) mass is 203 g/mol. The molecule has 3 heteroatoms. The molecule has 0 spiro atoms. The van der Waals surface area contributed by atoms with Crippen LogP contribution in [0.2, 0.25) is 0 Å². The second-order valence-corrected chi connectivity index (χ2v) is 4.43. The Morgan fingerprint density at radius 1 is 1.27 bits per heavy atom. The van der Waals surface area contributed by atoms with E-state index in [-0.39, 0.29) is 0 Å². The van der Waals surface area contributed by atoms with Gasteiger partial charge in [0, 0.05) is 0 Å². The number of hydrogen-bond acceptors (Lipinski definition) is 2. The molecule has 3 nitrogen and oxygen atoms in total. The zero-order valence-corrected chi connectivity index (χ0v) is 9.41. The van der Waals surface area contributed by atoms with E-state index in [2.05, 4.69) is 42.9 Å². The predicted molar refractivity (Wildman–Crippen MR) is 63.8 cm³/mol. The average molecular weight is 203 g/mol. The smallest absolute Gasteiger partial charge is 0.198 e. The topological polar surface area (TPSA) is 54.7 Å². The van der Waals surface area contributed by atoms with Gasteiger partial charge in [-0.2, -0.15) is 0 Å². The van der Waals surface area contributed by atoms with Gasteiger partial charge in [-0.25, -0.2) is 4.98 Å². The van der Waals surface area contributed by atoms with Gasteiger partial charge in [0.05, 0.1) is 11.0 Å². The van der Waals surface area contributed by atoms with Crippen LogP contribution in [0.25, 0.3) is 11.0 Å². The Bertz CT molecular complexity index is 471. The Morgan fingerprint density at radius 2 is 2.00 bits per heavy atom. The van der Waals surface area contributed by atoms with Crippen molar-refractivity contribution in [3.05, 3.63) is 23.8 Å². The highest BCUT2D eigenvalue weighted by molar-refractivity contribution is 5.77. The Kier molecular flexibility index (Phi) is 2.39. The first-order valence-electron chi connectivity index (χ1n) is 5.33. The molecular formula is C12H17N3. The molecule has 0 radical (unpaired) electrons. The third kappa shape index (κ3) is 1.82. The SMILES string of the molecule is CC(C)C(C)c1ccc2nc(N)[nH]c2c1. The summed E-state index contributed by atoms with van der Waals surface area (Å²) in [7, 11) is 0. The molecule has 2 aromatic rings. The van der Waals surface area contributed by atoms with Gasteiger partial charge in [-0.05, 0) is 29.5 Å². The Hall–Kier alpha value is -1.51. The number of nitrogens with one attached hydrogen (secondary N) is 1. The minimum absolute atomic E-state index is 0.486. The van der Waals surface area contributed by atoms with Gasteiger partial charge in [0.25, 0.3) is 0 Å². The van der Waals surface area contributed by atoms with Crippen LogP contribution < -0.4 is 5.73 Å². The van der Waals surface area contributed by atoms with Crippen LogP contribution in [0.15, 0.2) is 18.2 Å². The number of aromatic nitrogens is 2. The first-order chi connectivity index (χ1) is 7.08. The molecule has 1 atom stereocenters. The predicted octanol–water partition coefficient (Wildman–Crippen LogP) is 2.90. The molecule has 0 saturated carbocycles. The van der Waals surface area contributed by atoms with E-state index in [1.54, 1.807) is 0 Å². The number of hydrogen-bond donors (Lipinski definition) is 2. The van der Waals surface area contributed by atoms with E-state index in [0.29, 0.717) is 17.8 Å². The zero-order valence-electron chi connectivity index (χ0n) is 9.41. The minimum atomic E-state index is 0.486. The van der Waals surface area contributed by atoms with Gasteiger partial charge in [0.1, 0.15) is 0 Å². The van der Waals surface area contributed by atoms with E-state index in [1.165, 1.54) is 5.56 Å². The molecule has 1 unspecified atom stereocenters. The van der Waals surface area contributed by atoms with E-state index in [4.69, 9.17) is 5.73 Å². The number of nitrogens with zero attached hydrogens (tertiary/aromatic N) is 1. The number of nitrogens with two attached hydrogens (primary N) is 1. The lowest BCUT2D eigenvalue weighted by Crippen LogP contribution is -2.01. The van der Waals surface area contributed by atoms with Crippen molar-refractivity contribution in [3.63, 3.8) is 0 Å². The van der Waals surface area contributed by atoms with Gasteiger partial charge in [-0.3, -0.25) is 0 Å². The summed E-state index contributed by atoms with van der Waals surface area (Å²) in [6.07, 6.45) is 0. The highest BCUT2D eigenvalue weighted by Crippen LogP contribution is 2.26. The number of benzene rings is 1. The van der Waals surface area contributed by atoms with E-state index < -0.39 is 0 Å². The van der Waals surface area contributed by atoms with Crippen molar-refractivity contribution in [2.75, 3.05) is 5.73 Å². The van der Waals surface area contributed by atoms with E-state index in [9.17, 15) is 0 Å². The molecule has 0 aliphatic heterocycles. The van der Waals surface area contributed by atoms with Crippen LogP contribution in [0.1, 0.15) is 32.3 Å². The first-order valence-corrected chi connectivity index (χ1v) is 5.33. The van der Waals surface area contributed by atoms with Crippen LogP contribution >= 0.6 is 0 Å². The maximum atomic E-state index is 5.61. The maximum Gasteiger partial charge on any atom is 0.198 e. The van der Waals surface area contributed by atoms with Gasteiger partial charge in [-0.1, -0.05) is 26.8 Å². The number of fused-ring (bicyclic) bond motifs is 1. The van der Waals surface area contributed by atoms with Gasteiger partial charge in [-0.15, -0.1) is 0 Å². The third-order valence-electron chi connectivity index (χ3n) is 3.05. The summed E-state index contributed by atoms with van der Waals surface area (Å²) in [5.74, 6) is 1.68. The summed E-state index contributed by atoms with van der Waals surface area (Å²) in [6, 6.07) is 6.30. The molecule has 1 heterocycles. The first kappa shape index (κ1) is 10.0. The Morgan fingerprint density at radius 3 is 2.67 bits per heavy atom. The highest BCUT2D eigenvalue weighted by atomic mass is 15.0. The van der Waals surface area contributed by atoms with E-state index in [0.717, 1.165) is 11.0 Å². The van der Waals surface area contributed by atoms with Gasteiger partial charge >= 0.3 is 0 Å². The molecule has 0 aliphatic carbocycles. The zero-order chi connectivity index (χ0) is 11.0. The van der Waals surface area contributed by atoms with Crippen molar-refractivity contribution in [1.29, 1.82) is 0 Å². The second kappa shape index (κ2) is 3.57. The summed E-state index contributed by atoms with van der Waals surface area (Å²) in [4.78, 5) is 7.24. The van der Waals surface area contributed by atoms with Gasteiger partial charge in [0.15, 0.2) is 5.95 Å². The van der Waals surface area contributed by atoms with Gasteiger partial charge < -0.3 is 10.7 Å².